The molecule has 0 spiro atoms. The number of carbonyl (C=O) groups is 1. The van der Waals surface area contributed by atoms with E-state index >= 15 is 0 Å². The smallest absolute Gasteiger partial charge is 0.375 e. The number of hydrogen-bond donors (Lipinski definition) is 1. The zero-order chi connectivity index (χ0) is 25.2. The van der Waals surface area contributed by atoms with Gasteiger partial charge in [-0.2, -0.15) is 13.2 Å². The average Bonchev–Trinajstić information content (AvgIpc) is 3.23. The molecule has 5 nitrogen and oxygen atoms in total. The highest BCUT2D eigenvalue weighted by atomic mass is 32.1. The Kier molecular flexibility index (Phi) is 7.15. The van der Waals surface area contributed by atoms with Crippen LogP contribution in [0.15, 0.2) is 42.6 Å². The van der Waals surface area contributed by atoms with Crippen molar-refractivity contribution in [1.29, 1.82) is 0 Å². The van der Waals surface area contributed by atoms with Crippen LogP contribution in [-0.2, 0) is 12.6 Å². The molecule has 0 bridgehead atoms. The van der Waals surface area contributed by atoms with Gasteiger partial charge >= 0.3 is 6.18 Å². The molecule has 9 heteroatoms. The quantitative estimate of drug-likeness (QED) is 0.420. The van der Waals surface area contributed by atoms with E-state index in [9.17, 15) is 18.0 Å². The lowest BCUT2D eigenvalue weighted by atomic mass is 9.97. The Bertz CT molecular complexity index is 1300. The van der Waals surface area contributed by atoms with Crippen LogP contribution < -0.4 is 10.6 Å². The number of benzene rings is 2. The van der Waals surface area contributed by atoms with E-state index in [1.54, 1.807) is 30.5 Å². The largest absolute Gasteiger partial charge is 0.416 e. The number of alkyl halides is 3. The van der Waals surface area contributed by atoms with E-state index < -0.39 is 11.7 Å². The molecule has 2 aromatic carbocycles. The van der Waals surface area contributed by atoms with E-state index in [1.165, 1.54) is 17.4 Å². The number of nitrogens with two attached hydrogens (primary N) is 1. The molecule has 0 radical (unpaired) electrons. The zero-order valence-electron chi connectivity index (χ0n) is 19.4. The van der Waals surface area contributed by atoms with Gasteiger partial charge in [0.05, 0.1) is 16.6 Å². The number of halogens is 3. The van der Waals surface area contributed by atoms with Crippen molar-refractivity contribution in [1.82, 2.24) is 9.88 Å². The van der Waals surface area contributed by atoms with Gasteiger partial charge in [-0.15, -0.1) is 0 Å². The second-order valence-electron chi connectivity index (χ2n) is 8.62. The molecule has 1 aliphatic rings. The summed E-state index contributed by atoms with van der Waals surface area (Å²) >= 11 is 1.27. The summed E-state index contributed by atoms with van der Waals surface area (Å²) in [7, 11) is 1.99. The van der Waals surface area contributed by atoms with Crippen molar-refractivity contribution in [2.24, 2.45) is 0 Å². The molecule has 1 aliphatic heterocycles. The number of anilines is 2. The van der Waals surface area contributed by atoms with E-state index in [1.807, 2.05) is 18.9 Å². The number of ketones is 1. The number of rotatable bonds is 4. The number of likely N-dealkylation sites (N-methyl/N-ethyl adjacent to an activating group) is 1. The Morgan fingerprint density at radius 2 is 1.86 bits per heavy atom. The second kappa shape index (κ2) is 10.1. The van der Waals surface area contributed by atoms with E-state index in [2.05, 4.69) is 21.7 Å². The maximum Gasteiger partial charge on any atom is 0.416 e. The van der Waals surface area contributed by atoms with Crippen LogP contribution in [-0.4, -0.2) is 48.9 Å². The van der Waals surface area contributed by atoms with Gasteiger partial charge in [0, 0.05) is 49.4 Å². The number of Topliss-reactive ketones (excluding diaryl/α,β-unsaturated/α-hetero) is 1. The van der Waals surface area contributed by atoms with Crippen LogP contribution in [0.1, 0.15) is 37.5 Å². The molecule has 2 heterocycles. The molecule has 0 saturated carbocycles. The van der Waals surface area contributed by atoms with Crippen LogP contribution in [0.4, 0.5) is 24.0 Å². The zero-order valence-corrected chi connectivity index (χ0v) is 20.3. The van der Waals surface area contributed by atoms with Gasteiger partial charge in [0.1, 0.15) is 0 Å². The van der Waals surface area contributed by atoms with Crippen LogP contribution in [0, 0.1) is 18.8 Å². The lowest BCUT2D eigenvalue weighted by Gasteiger charge is -2.34. The minimum Gasteiger partial charge on any atom is -0.375 e. The molecule has 182 valence electrons. The highest BCUT2D eigenvalue weighted by Gasteiger charge is 2.32. The minimum atomic E-state index is -4.49. The molecule has 4 rings (SSSR count). The van der Waals surface area contributed by atoms with Crippen LogP contribution in [0.25, 0.3) is 0 Å². The third-order valence-corrected chi connectivity index (χ3v) is 6.68. The first-order valence-corrected chi connectivity index (χ1v) is 11.9. The van der Waals surface area contributed by atoms with Crippen molar-refractivity contribution in [2.75, 3.05) is 43.9 Å². The van der Waals surface area contributed by atoms with Gasteiger partial charge in [-0.1, -0.05) is 29.4 Å². The summed E-state index contributed by atoms with van der Waals surface area (Å²) in [6.07, 6.45) is -3.04. The van der Waals surface area contributed by atoms with Gasteiger partial charge in [-0.25, -0.2) is 4.98 Å². The van der Waals surface area contributed by atoms with E-state index in [0.29, 0.717) is 45.5 Å². The number of hydrogen-bond acceptors (Lipinski definition) is 6. The van der Waals surface area contributed by atoms with Crippen molar-refractivity contribution in [2.45, 2.75) is 19.5 Å². The van der Waals surface area contributed by atoms with Crippen molar-refractivity contribution in [3.05, 3.63) is 75.3 Å². The van der Waals surface area contributed by atoms with Crippen LogP contribution in [0.5, 0.6) is 0 Å². The SMILES string of the molecule is Cc1ccc(C(=O)Cc2cc(N3CCN(C)CC3)cc(C(F)(F)F)c2)cc1C#Cc1cnc(N)s1. The second-order valence-corrected chi connectivity index (χ2v) is 9.68. The molecule has 0 amide bonds. The van der Waals surface area contributed by atoms with Crippen LogP contribution in [0.3, 0.4) is 0 Å². The summed E-state index contributed by atoms with van der Waals surface area (Å²) in [6, 6.07) is 9.10. The van der Waals surface area contributed by atoms with Crippen molar-refractivity contribution >= 4 is 27.9 Å². The van der Waals surface area contributed by atoms with Crippen molar-refractivity contribution in [3.8, 4) is 11.8 Å². The summed E-state index contributed by atoms with van der Waals surface area (Å²) in [5.74, 6) is 5.76. The van der Waals surface area contributed by atoms with Crippen LogP contribution >= 0.6 is 11.3 Å². The Labute approximate surface area is 206 Å². The summed E-state index contributed by atoms with van der Waals surface area (Å²) in [4.78, 5) is 21.8. The fourth-order valence-electron chi connectivity index (χ4n) is 3.88. The molecular formula is C26H25F3N4OS. The van der Waals surface area contributed by atoms with Gasteiger partial charge in [-0.05, 0) is 55.3 Å². The van der Waals surface area contributed by atoms with Gasteiger partial charge in [0.2, 0.25) is 0 Å². The Hall–Kier alpha value is -3.35. The summed E-state index contributed by atoms with van der Waals surface area (Å²) in [5, 5.41) is 0.423. The molecule has 1 fully saturated rings. The maximum absolute atomic E-state index is 13.6. The average molecular weight is 499 g/mol. The number of nitrogen functional groups attached to an aromatic ring is 1. The summed E-state index contributed by atoms with van der Waals surface area (Å²) in [6.45, 7) is 4.69. The number of carbonyl (C=O) groups excluding carboxylic acids is 1. The maximum atomic E-state index is 13.6. The predicted octanol–water partition coefficient (Wildman–Crippen LogP) is 4.63. The molecule has 0 aliphatic carbocycles. The first-order valence-electron chi connectivity index (χ1n) is 11.1. The molecule has 2 N–H and O–H groups in total. The van der Waals surface area contributed by atoms with Crippen molar-refractivity contribution in [3.63, 3.8) is 0 Å². The van der Waals surface area contributed by atoms with E-state index in [4.69, 9.17) is 5.73 Å². The lowest BCUT2D eigenvalue weighted by molar-refractivity contribution is -0.137. The number of nitrogens with zero attached hydrogens (tertiary/aromatic N) is 3. The predicted molar refractivity (Wildman–Crippen MR) is 133 cm³/mol. The first-order chi connectivity index (χ1) is 16.6. The molecule has 1 aromatic heterocycles. The summed E-state index contributed by atoms with van der Waals surface area (Å²) < 4.78 is 40.9. The number of aromatic nitrogens is 1. The number of piperazine rings is 1. The Morgan fingerprint density at radius 1 is 1.11 bits per heavy atom. The van der Waals surface area contributed by atoms with Crippen LogP contribution in [0.2, 0.25) is 0 Å². The molecule has 35 heavy (non-hydrogen) atoms. The molecule has 0 unspecified atom stereocenters. The fourth-order valence-corrected chi connectivity index (χ4v) is 4.42. The number of thiazole rings is 1. The molecular weight excluding hydrogens is 473 g/mol. The van der Waals surface area contributed by atoms with Gasteiger partial charge in [0.25, 0.3) is 0 Å². The Balaban J connectivity index is 1.59. The lowest BCUT2D eigenvalue weighted by Crippen LogP contribution is -2.44. The van der Waals surface area contributed by atoms with E-state index in [-0.39, 0.29) is 12.2 Å². The number of aryl methyl sites for hydroxylation is 1. The van der Waals surface area contributed by atoms with Gasteiger partial charge in [-0.3, -0.25) is 4.79 Å². The Morgan fingerprint density at radius 3 is 2.51 bits per heavy atom. The normalized spacial score (nSPS) is 14.5. The van der Waals surface area contributed by atoms with Crippen molar-refractivity contribution < 1.29 is 18.0 Å². The highest BCUT2D eigenvalue weighted by Crippen LogP contribution is 2.33. The topological polar surface area (TPSA) is 62.5 Å². The highest BCUT2D eigenvalue weighted by molar-refractivity contribution is 7.15. The van der Waals surface area contributed by atoms with E-state index in [0.717, 1.165) is 24.7 Å². The monoisotopic (exact) mass is 498 g/mol. The van der Waals surface area contributed by atoms with Gasteiger partial charge in [0.15, 0.2) is 10.9 Å². The fraction of sp³-hybridized carbons (Fsp3) is 0.308. The third kappa shape index (κ3) is 6.21. The molecule has 3 aromatic rings. The first kappa shape index (κ1) is 24.8. The van der Waals surface area contributed by atoms with Gasteiger partial charge < -0.3 is 15.5 Å². The molecule has 1 saturated heterocycles. The third-order valence-electron chi connectivity index (χ3n) is 5.94. The minimum absolute atomic E-state index is 0.133. The summed E-state index contributed by atoms with van der Waals surface area (Å²) in [5.41, 5.74) is 7.70. The standard InChI is InChI=1S/C26H25F3N4OS/c1-17-3-4-20(14-19(17)5-6-23-16-31-25(30)35-23)24(34)13-18-11-21(26(27,28)29)15-22(12-18)33-9-7-32(2)8-10-33/h3-4,11-12,14-16H,7-10,13H2,1-2H3,(H2,30,31). The molecule has 0 atom stereocenters.